The van der Waals surface area contributed by atoms with Crippen LogP contribution in [0.3, 0.4) is 0 Å². The topological polar surface area (TPSA) is 56.5 Å². The van der Waals surface area contributed by atoms with Gasteiger partial charge in [-0.2, -0.15) is 0 Å². The van der Waals surface area contributed by atoms with Crippen LogP contribution >= 0.6 is 12.2 Å². The SMILES string of the molecule is Cc1cc2c(cc1NC(N)=S)OCCO2. The van der Waals surface area contributed by atoms with Crippen molar-refractivity contribution in [1.82, 2.24) is 0 Å². The van der Waals surface area contributed by atoms with E-state index < -0.39 is 0 Å². The summed E-state index contributed by atoms with van der Waals surface area (Å²) in [5, 5.41) is 3.14. The number of nitrogens with two attached hydrogens (primary N) is 1. The maximum absolute atomic E-state index is 5.45. The fraction of sp³-hybridized carbons (Fsp3) is 0.300. The molecular formula is C10H12N2O2S. The van der Waals surface area contributed by atoms with Gasteiger partial charge in [-0.15, -0.1) is 0 Å². The van der Waals surface area contributed by atoms with E-state index in [-0.39, 0.29) is 5.11 Å². The van der Waals surface area contributed by atoms with Crippen molar-refractivity contribution in [2.45, 2.75) is 6.92 Å². The first kappa shape index (κ1) is 10.0. The van der Waals surface area contributed by atoms with E-state index in [0.717, 1.165) is 22.7 Å². The van der Waals surface area contributed by atoms with Crippen molar-refractivity contribution in [2.24, 2.45) is 5.73 Å². The Kier molecular flexibility index (Phi) is 2.64. The summed E-state index contributed by atoms with van der Waals surface area (Å²) in [5.41, 5.74) is 7.29. The van der Waals surface area contributed by atoms with Gasteiger partial charge in [-0.1, -0.05) is 0 Å². The van der Waals surface area contributed by atoms with Gasteiger partial charge >= 0.3 is 0 Å². The summed E-state index contributed by atoms with van der Waals surface area (Å²) in [4.78, 5) is 0. The third kappa shape index (κ3) is 2.12. The van der Waals surface area contributed by atoms with E-state index in [4.69, 9.17) is 27.4 Å². The Morgan fingerprint density at radius 1 is 1.33 bits per heavy atom. The molecule has 0 spiro atoms. The van der Waals surface area contributed by atoms with Crippen molar-refractivity contribution >= 4 is 23.0 Å². The van der Waals surface area contributed by atoms with Crippen LogP contribution in [0.2, 0.25) is 0 Å². The van der Waals surface area contributed by atoms with Crippen molar-refractivity contribution < 1.29 is 9.47 Å². The number of ether oxygens (including phenoxy) is 2. The van der Waals surface area contributed by atoms with Crippen LogP contribution in [-0.4, -0.2) is 18.3 Å². The summed E-state index contributed by atoms with van der Waals surface area (Å²) in [7, 11) is 0. The van der Waals surface area contributed by atoms with Crippen LogP contribution in [0.4, 0.5) is 5.69 Å². The Labute approximate surface area is 93.4 Å². The van der Waals surface area contributed by atoms with Crippen LogP contribution in [0.5, 0.6) is 11.5 Å². The van der Waals surface area contributed by atoms with Gasteiger partial charge in [0.1, 0.15) is 13.2 Å². The molecule has 0 amide bonds. The maximum Gasteiger partial charge on any atom is 0.168 e. The van der Waals surface area contributed by atoms with Crippen molar-refractivity contribution in [3.8, 4) is 11.5 Å². The average Bonchev–Trinajstić information content (AvgIpc) is 2.18. The smallest absolute Gasteiger partial charge is 0.168 e. The minimum atomic E-state index is 0.245. The van der Waals surface area contributed by atoms with Crippen LogP contribution in [0.25, 0.3) is 0 Å². The number of rotatable bonds is 1. The molecule has 0 unspecified atom stereocenters. The van der Waals surface area contributed by atoms with E-state index in [0.29, 0.717) is 13.2 Å². The van der Waals surface area contributed by atoms with Gasteiger partial charge in [0.2, 0.25) is 0 Å². The van der Waals surface area contributed by atoms with Crippen molar-refractivity contribution in [3.63, 3.8) is 0 Å². The summed E-state index contributed by atoms with van der Waals surface area (Å²) in [5.74, 6) is 1.50. The van der Waals surface area contributed by atoms with Gasteiger partial charge < -0.3 is 20.5 Å². The minimum absolute atomic E-state index is 0.245. The third-order valence-electron chi connectivity index (χ3n) is 2.15. The molecule has 0 atom stereocenters. The van der Waals surface area contributed by atoms with Crippen molar-refractivity contribution in [3.05, 3.63) is 17.7 Å². The fourth-order valence-electron chi connectivity index (χ4n) is 1.46. The number of hydrogen-bond donors (Lipinski definition) is 2. The highest BCUT2D eigenvalue weighted by molar-refractivity contribution is 7.80. The standard InChI is InChI=1S/C10H12N2O2S/c1-6-4-8-9(14-3-2-13-8)5-7(6)12-10(11)15/h4-5H,2-3H2,1H3,(H3,11,12,15). The van der Waals surface area contributed by atoms with E-state index in [9.17, 15) is 0 Å². The first-order valence-electron chi connectivity index (χ1n) is 4.63. The quantitative estimate of drug-likeness (QED) is 0.707. The molecular weight excluding hydrogens is 212 g/mol. The Balaban J connectivity index is 2.36. The van der Waals surface area contributed by atoms with E-state index >= 15 is 0 Å². The highest BCUT2D eigenvalue weighted by Crippen LogP contribution is 2.35. The molecule has 5 heteroatoms. The maximum atomic E-state index is 5.45. The number of aryl methyl sites for hydroxylation is 1. The summed E-state index contributed by atoms with van der Waals surface area (Å²) < 4.78 is 10.9. The molecule has 0 saturated heterocycles. The number of thiocarbonyl (C=S) groups is 1. The van der Waals surface area contributed by atoms with Gasteiger partial charge in [-0.3, -0.25) is 0 Å². The molecule has 1 aromatic rings. The van der Waals surface area contributed by atoms with E-state index in [1.54, 1.807) is 0 Å². The zero-order valence-electron chi connectivity index (χ0n) is 8.37. The lowest BCUT2D eigenvalue weighted by atomic mass is 10.1. The monoisotopic (exact) mass is 224 g/mol. The second-order valence-corrected chi connectivity index (χ2v) is 3.74. The van der Waals surface area contributed by atoms with Gasteiger partial charge in [0, 0.05) is 11.8 Å². The van der Waals surface area contributed by atoms with Gasteiger partial charge in [0.25, 0.3) is 0 Å². The molecule has 1 aromatic carbocycles. The number of anilines is 1. The van der Waals surface area contributed by atoms with Crippen LogP contribution in [0.1, 0.15) is 5.56 Å². The van der Waals surface area contributed by atoms with Crippen LogP contribution in [0.15, 0.2) is 12.1 Å². The second kappa shape index (κ2) is 3.94. The lowest BCUT2D eigenvalue weighted by Crippen LogP contribution is -2.20. The molecule has 0 saturated carbocycles. The number of benzene rings is 1. The third-order valence-corrected chi connectivity index (χ3v) is 2.25. The molecule has 2 rings (SSSR count). The molecule has 4 nitrogen and oxygen atoms in total. The molecule has 0 aliphatic carbocycles. The summed E-state index contributed by atoms with van der Waals surface area (Å²) in [6, 6.07) is 3.76. The molecule has 0 aromatic heterocycles. The van der Waals surface area contributed by atoms with Gasteiger partial charge in [-0.25, -0.2) is 0 Å². The zero-order valence-corrected chi connectivity index (χ0v) is 9.19. The predicted molar refractivity (Wildman–Crippen MR) is 62.6 cm³/mol. The van der Waals surface area contributed by atoms with E-state index in [2.05, 4.69) is 5.32 Å². The number of fused-ring (bicyclic) bond motifs is 1. The predicted octanol–water partition coefficient (Wildman–Crippen LogP) is 1.42. The van der Waals surface area contributed by atoms with Crippen LogP contribution in [-0.2, 0) is 0 Å². The number of nitrogens with one attached hydrogen (secondary N) is 1. The average molecular weight is 224 g/mol. The summed E-state index contributed by atoms with van der Waals surface area (Å²) in [6.07, 6.45) is 0. The van der Waals surface area contributed by atoms with Crippen molar-refractivity contribution in [1.29, 1.82) is 0 Å². The highest BCUT2D eigenvalue weighted by Gasteiger charge is 2.14. The Morgan fingerprint density at radius 3 is 2.53 bits per heavy atom. The van der Waals surface area contributed by atoms with Gasteiger partial charge in [-0.05, 0) is 30.8 Å². The normalized spacial score (nSPS) is 13.4. The van der Waals surface area contributed by atoms with Gasteiger partial charge in [0.15, 0.2) is 16.6 Å². The lowest BCUT2D eigenvalue weighted by Gasteiger charge is -2.20. The molecule has 0 bridgehead atoms. The number of hydrogen-bond acceptors (Lipinski definition) is 3. The highest BCUT2D eigenvalue weighted by atomic mass is 32.1. The molecule has 80 valence electrons. The molecule has 0 radical (unpaired) electrons. The van der Waals surface area contributed by atoms with Crippen LogP contribution < -0.4 is 20.5 Å². The molecule has 3 N–H and O–H groups in total. The van der Waals surface area contributed by atoms with Gasteiger partial charge in [0.05, 0.1) is 0 Å². The fourth-order valence-corrected chi connectivity index (χ4v) is 1.57. The lowest BCUT2D eigenvalue weighted by molar-refractivity contribution is 0.171. The Bertz CT molecular complexity index is 407. The minimum Gasteiger partial charge on any atom is -0.486 e. The molecule has 1 heterocycles. The van der Waals surface area contributed by atoms with E-state index in [1.165, 1.54) is 0 Å². The van der Waals surface area contributed by atoms with Crippen LogP contribution in [0, 0.1) is 6.92 Å². The van der Waals surface area contributed by atoms with E-state index in [1.807, 2.05) is 19.1 Å². The first-order chi connectivity index (χ1) is 7.16. The summed E-state index contributed by atoms with van der Waals surface area (Å²) >= 11 is 4.79. The molecule has 15 heavy (non-hydrogen) atoms. The molecule has 1 aliphatic heterocycles. The van der Waals surface area contributed by atoms with Crippen molar-refractivity contribution in [2.75, 3.05) is 18.5 Å². The zero-order chi connectivity index (χ0) is 10.8. The second-order valence-electron chi connectivity index (χ2n) is 3.30. The first-order valence-corrected chi connectivity index (χ1v) is 5.04. The molecule has 1 aliphatic rings. The largest absolute Gasteiger partial charge is 0.486 e. The summed E-state index contributed by atoms with van der Waals surface area (Å²) in [6.45, 7) is 3.12. The Morgan fingerprint density at radius 2 is 1.93 bits per heavy atom. The molecule has 0 fully saturated rings. The Hall–Kier alpha value is -1.49.